The van der Waals surface area contributed by atoms with Crippen molar-refractivity contribution in [1.29, 1.82) is 0 Å². The van der Waals surface area contributed by atoms with Gasteiger partial charge in [0.05, 0.1) is 12.6 Å². The van der Waals surface area contributed by atoms with Gasteiger partial charge >= 0.3 is 0 Å². The summed E-state index contributed by atoms with van der Waals surface area (Å²) in [6, 6.07) is 15.1. The number of nitrogens with zero attached hydrogens (tertiary/aromatic N) is 3. The molecular formula is C23H20N4O2. The van der Waals surface area contributed by atoms with E-state index < -0.39 is 0 Å². The molecule has 0 bridgehead atoms. The molecule has 0 aliphatic carbocycles. The van der Waals surface area contributed by atoms with Gasteiger partial charge in [0, 0.05) is 40.7 Å². The highest BCUT2D eigenvalue weighted by Crippen LogP contribution is 2.25. The largest absolute Gasteiger partial charge is 0.481 e. The Balaban J connectivity index is 1.59. The van der Waals surface area contributed by atoms with Crippen LogP contribution < -0.4 is 10.1 Å². The second-order valence-corrected chi connectivity index (χ2v) is 6.83. The first-order valence-electron chi connectivity index (χ1n) is 9.19. The second-order valence-electron chi connectivity index (χ2n) is 6.83. The number of aryl methyl sites for hydroxylation is 2. The number of rotatable bonds is 4. The molecule has 0 fully saturated rings. The summed E-state index contributed by atoms with van der Waals surface area (Å²) in [7, 11) is 1.52. The van der Waals surface area contributed by atoms with E-state index in [1.807, 2.05) is 50.4 Å². The fraction of sp³-hybridized carbons (Fsp3) is 0.130. The molecule has 0 atom stereocenters. The van der Waals surface area contributed by atoms with Crippen LogP contribution in [0.4, 0.5) is 5.69 Å². The van der Waals surface area contributed by atoms with E-state index in [0.29, 0.717) is 17.3 Å². The summed E-state index contributed by atoms with van der Waals surface area (Å²) in [5.41, 5.74) is 5.11. The van der Waals surface area contributed by atoms with Crippen LogP contribution in [0.5, 0.6) is 5.88 Å². The van der Waals surface area contributed by atoms with Crippen molar-refractivity contribution in [2.45, 2.75) is 13.8 Å². The molecule has 1 N–H and O–H groups in total. The van der Waals surface area contributed by atoms with E-state index in [4.69, 9.17) is 4.74 Å². The van der Waals surface area contributed by atoms with Gasteiger partial charge in [-0.25, -0.2) is 15.0 Å². The molecule has 0 saturated carbocycles. The third-order valence-corrected chi connectivity index (χ3v) is 4.67. The van der Waals surface area contributed by atoms with Gasteiger partial charge in [-0.05, 0) is 55.8 Å². The van der Waals surface area contributed by atoms with Crippen molar-refractivity contribution < 1.29 is 9.53 Å². The highest BCUT2D eigenvalue weighted by Gasteiger charge is 2.11. The van der Waals surface area contributed by atoms with Crippen LogP contribution in [0.25, 0.3) is 22.3 Å². The third-order valence-electron chi connectivity index (χ3n) is 4.67. The van der Waals surface area contributed by atoms with E-state index in [-0.39, 0.29) is 5.91 Å². The van der Waals surface area contributed by atoms with Gasteiger partial charge in [0.15, 0.2) is 5.82 Å². The molecule has 0 unspecified atom stereocenters. The number of aromatic nitrogens is 3. The van der Waals surface area contributed by atoms with E-state index in [0.717, 1.165) is 27.7 Å². The van der Waals surface area contributed by atoms with Crippen molar-refractivity contribution in [2.24, 2.45) is 0 Å². The third kappa shape index (κ3) is 3.91. The molecule has 0 saturated heterocycles. The number of methoxy groups -OCH3 is 1. The quantitative estimate of drug-likeness (QED) is 0.558. The Kier molecular flexibility index (Phi) is 4.91. The summed E-state index contributed by atoms with van der Waals surface area (Å²) in [4.78, 5) is 25.7. The van der Waals surface area contributed by atoms with E-state index in [2.05, 4.69) is 26.3 Å². The van der Waals surface area contributed by atoms with Crippen LogP contribution in [0, 0.1) is 13.8 Å². The first kappa shape index (κ1) is 18.6. The lowest BCUT2D eigenvalue weighted by Crippen LogP contribution is -2.13. The number of fused-ring (bicyclic) bond motifs is 1. The molecule has 4 aromatic rings. The van der Waals surface area contributed by atoms with Crippen molar-refractivity contribution in [2.75, 3.05) is 12.4 Å². The highest BCUT2D eigenvalue weighted by atomic mass is 16.5. The summed E-state index contributed by atoms with van der Waals surface area (Å²) in [6.07, 6.45) is 3.38. The minimum absolute atomic E-state index is 0.223. The molecule has 6 heteroatoms. The first-order valence-corrected chi connectivity index (χ1v) is 9.19. The Morgan fingerprint density at radius 3 is 2.66 bits per heavy atom. The van der Waals surface area contributed by atoms with Gasteiger partial charge in [0.1, 0.15) is 0 Å². The Bertz CT molecular complexity index is 1220. The molecule has 0 aliphatic rings. The van der Waals surface area contributed by atoms with Crippen molar-refractivity contribution in [1.82, 2.24) is 15.0 Å². The number of nitrogens with one attached hydrogen (secondary N) is 1. The van der Waals surface area contributed by atoms with Gasteiger partial charge in [-0.2, -0.15) is 0 Å². The number of pyridine rings is 1. The summed E-state index contributed by atoms with van der Waals surface area (Å²) >= 11 is 0. The van der Waals surface area contributed by atoms with Crippen molar-refractivity contribution >= 4 is 22.5 Å². The number of carbonyl (C=O) groups is 1. The summed E-state index contributed by atoms with van der Waals surface area (Å²) in [5.74, 6) is 0.827. The number of benzene rings is 2. The van der Waals surface area contributed by atoms with Crippen LogP contribution in [-0.2, 0) is 0 Å². The van der Waals surface area contributed by atoms with Crippen LogP contribution in [0.1, 0.15) is 21.5 Å². The predicted octanol–water partition coefficient (Wildman–Crippen LogP) is 4.57. The van der Waals surface area contributed by atoms with Crippen molar-refractivity contribution in [3.63, 3.8) is 0 Å². The van der Waals surface area contributed by atoms with E-state index >= 15 is 0 Å². The molecule has 6 nitrogen and oxygen atoms in total. The second kappa shape index (κ2) is 7.67. The average Bonchev–Trinajstić information content (AvgIpc) is 2.74. The van der Waals surface area contributed by atoms with Crippen LogP contribution in [0.2, 0.25) is 0 Å². The van der Waals surface area contributed by atoms with E-state index in [1.54, 1.807) is 18.3 Å². The minimum atomic E-state index is -0.223. The molecule has 4 rings (SSSR count). The maximum absolute atomic E-state index is 12.5. The monoisotopic (exact) mass is 384 g/mol. The normalized spacial score (nSPS) is 10.7. The van der Waals surface area contributed by atoms with Crippen molar-refractivity contribution in [3.05, 3.63) is 77.6 Å². The van der Waals surface area contributed by atoms with Crippen LogP contribution in [0.15, 0.2) is 60.9 Å². The lowest BCUT2D eigenvalue weighted by Gasteiger charge is -2.11. The minimum Gasteiger partial charge on any atom is -0.481 e. The maximum Gasteiger partial charge on any atom is 0.255 e. The van der Waals surface area contributed by atoms with Gasteiger partial charge in [0.2, 0.25) is 5.88 Å². The maximum atomic E-state index is 12.5. The lowest BCUT2D eigenvalue weighted by molar-refractivity contribution is 0.102. The zero-order valence-electron chi connectivity index (χ0n) is 16.4. The Morgan fingerprint density at radius 1 is 1.00 bits per heavy atom. The van der Waals surface area contributed by atoms with E-state index in [9.17, 15) is 4.79 Å². The molecule has 0 aliphatic heterocycles. The molecule has 144 valence electrons. The van der Waals surface area contributed by atoms with Gasteiger partial charge in [-0.3, -0.25) is 4.79 Å². The van der Waals surface area contributed by atoms with Crippen LogP contribution in [0.3, 0.4) is 0 Å². The molecule has 29 heavy (non-hydrogen) atoms. The first-order chi connectivity index (χ1) is 14.0. The van der Waals surface area contributed by atoms with Crippen LogP contribution >= 0.6 is 0 Å². The molecule has 2 heterocycles. The molecule has 1 amide bonds. The Hall–Kier alpha value is -3.80. The Morgan fingerprint density at radius 2 is 1.86 bits per heavy atom. The fourth-order valence-electron chi connectivity index (χ4n) is 3.09. The summed E-state index contributed by atoms with van der Waals surface area (Å²) < 4.78 is 5.08. The number of ether oxygens (including phenoxy) is 1. The zero-order valence-corrected chi connectivity index (χ0v) is 16.4. The molecule has 2 aromatic heterocycles. The fourth-order valence-corrected chi connectivity index (χ4v) is 3.09. The van der Waals surface area contributed by atoms with Gasteiger partial charge in [-0.1, -0.05) is 11.6 Å². The zero-order chi connectivity index (χ0) is 20.4. The van der Waals surface area contributed by atoms with Gasteiger partial charge in [-0.15, -0.1) is 0 Å². The number of carbonyl (C=O) groups excluding carboxylic acids is 1. The van der Waals surface area contributed by atoms with Gasteiger partial charge in [0.25, 0.3) is 5.91 Å². The molecule has 0 spiro atoms. The molecule has 0 radical (unpaired) electrons. The summed E-state index contributed by atoms with van der Waals surface area (Å²) in [6.45, 7) is 3.99. The van der Waals surface area contributed by atoms with Crippen LogP contribution in [-0.4, -0.2) is 28.0 Å². The smallest absolute Gasteiger partial charge is 0.255 e. The molecular weight excluding hydrogens is 364 g/mol. The topological polar surface area (TPSA) is 77.0 Å². The SMILES string of the molecule is COc1cc(C(=O)Nc2ccc(-c3ncc4cc(C)ccc4n3)cc2C)ccn1. The number of hydrogen-bond donors (Lipinski definition) is 1. The lowest BCUT2D eigenvalue weighted by atomic mass is 10.1. The highest BCUT2D eigenvalue weighted by molar-refractivity contribution is 6.04. The average molecular weight is 384 g/mol. The number of amides is 1. The van der Waals surface area contributed by atoms with Crippen molar-refractivity contribution in [3.8, 4) is 17.3 Å². The standard InChI is InChI=1S/C23H20N4O2/c1-14-4-6-20-18(10-14)13-25-22(26-20)16-5-7-19(15(2)11-16)27-23(28)17-8-9-24-21(12-17)29-3/h4-13H,1-3H3,(H,27,28). The summed E-state index contributed by atoms with van der Waals surface area (Å²) in [5, 5.41) is 3.95. The number of anilines is 1. The van der Waals surface area contributed by atoms with Gasteiger partial charge < -0.3 is 10.1 Å². The predicted molar refractivity (Wildman–Crippen MR) is 113 cm³/mol. The van der Waals surface area contributed by atoms with E-state index in [1.165, 1.54) is 12.7 Å². The Labute approximate surface area is 168 Å². The number of hydrogen-bond acceptors (Lipinski definition) is 5. The molecule has 2 aromatic carbocycles.